The van der Waals surface area contributed by atoms with Gasteiger partial charge in [0.2, 0.25) is 5.91 Å². The van der Waals surface area contributed by atoms with Crippen molar-refractivity contribution < 1.29 is 4.79 Å². The molecule has 0 aromatic heterocycles. The summed E-state index contributed by atoms with van der Waals surface area (Å²) >= 11 is 0. The van der Waals surface area contributed by atoms with Gasteiger partial charge in [0.25, 0.3) is 0 Å². The maximum Gasteiger partial charge on any atom is 0.231 e. The number of nitrogens with two attached hydrogens (primary N) is 1. The molecule has 0 aliphatic carbocycles. The van der Waals surface area contributed by atoms with Crippen LogP contribution >= 0.6 is 0 Å². The molecule has 0 heterocycles. The lowest BCUT2D eigenvalue weighted by Crippen LogP contribution is -2.39. The summed E-state index contributed by atoms with van der Waals surface area (Å²) < 4.78 is 0. The molecule has 1 aromatic carbocycles. The van der Waals surface area contributed by atoms with E-state index in [2.05, 4.69) is 0 Å². The lowest BCUT2D eigenvalue weighted by molar-refractivity contribution is -0.132. The first-order chi connectivity index (χ1) is 9.74. The van der Waals surface area contributed by atoms with E-state index in [-0.39, 0.29) is 25.3 Å². The average Bonchev–Trinajstić information content (AvgIpc) is 2.49. The van der Waals surface area contributed by atoms with Gasteiger partial charge in [0, 0.05) is 19.6 Å². The molecule has 20 heavy (non-hydrogen) atoms. The largest absolute Gasteiger partial charge is 0.340 e. The van der Waals surface area contributed by atoms with Crippen molar-refractivity contribution in [2.24, 2.45) is 5.73 Å². The van der Waals surface area contributed by atoms with Crippen molar-refractivity contribution in [2.45, 2.75) is 18.8 Å². The Morgan fingerprint density at radius 3 is 2.15 bits per heavy atom. The first-order valence-electron chi connectivity index (χ1n) is 6.52. The average molecular weight is 270 g/mol. The number of carbonyl (C=O) groups is 1. The van der Waals surface area contributed by atoms with Gasteiger partial charge in [0.05, 0.1) is 30.9 Å². The molecule has 1 unspecified atom stereocenters. The van der Waals surface area contributed by atoms with Crippen LogP contribution in [0.1, 0.15) is 24.3 Å². The third-order valence-electron chi connectivity index (χ3n) is 3.03. The maximum absolute atomic E-state index is 12.5. The highest BCUT2D eigenvalue weighted by Crippen LogP contribution is 2.17. The number of hydrogen-bond acceptors (Lipinski definition) is 4. The molecule has 5 nitrogen and oxygen atoms in total. The Balaban J connectivity index is 2.85. The van der Waals surface area contributed by atoms with Gasteiger partial charge in [0.15, 0.2) is 0 Å². The number of rotatable bonds is 7. The molecule has 0 fully saturated rings. The van der Waals surface area contributed by atoms with E-state index in [1.807, 2.05) is 42.5 Å². The van der Waals surface area contributed by atoms with Crippen LogP contribution in [0.25, 0.3) is 0 Å². The van der Waals surface area contributed by atoms with Crippen LogP contribution in [0.15, 0.2) is 30.3 Å². The van der Waals surface area contributed by atoms with Crippen molar-refractivity contribution in [3.8, 4) is 12.1 Å². The third kappa shape index (κ3) is 4.38. The van der Waals surface area contributed by atoms with Crippen molar-refractivity contribution in [3.05, 3.63) is 35.9 Å². The van der Waals surface area contributed by atoms with Gasteiger partial charge < -0.3 is 10.6 Å². The zero-order valence-corrected chi connectivity index (χ0v) is 11.3. The normalized spacial score (nSPS) is 11.2. The predicted molar refractivity (Wildman–Crippen MR) is 75.3 cm³/mol. The molecule has 1 aromatic rings. The molecule has 1 rings (SSSR count). The van der Waals surface area contributed by atoms with Crippen LogP contribution < -0.4 is 5.73 Å². The summed E-state index contributed by atoms with van der Waals surface area (Å²) in [5.74, 6) is -0.544. The first kappa shape index (κ1) is 15.7. The molecule has 1 atom stereocenters. The fraction of sp³-hybridized carbons (Fsp3) is 0.400. The highest BCUT2D eigenvalue weighted by molar-refractivity contribution is 5.84. The molecule has 0 bridgehead atoms. The quantitative estimate of drug-likeness (QED) is 0.810. The van der Waals surface area contributed by atoms with Crippen LogP contribution in [-0.4, -0.2) is 30.4 Å². The van der Waals surface area contributed by atoms with Gasteiger partial charge in [-0.3, -0.25) is 4.79 Å². The Bertz CT molecular complexity index is 483. The van der Waals surface area contributed by atoms with Crippen molar-refractivity contribution in [3.63, 3.8) is 0 Å². The topological polar surface area (TPSA) is 93.9 Å². The number of amides is 1. The van der Waals surface area contributed by atoms with Crippen molar-refractivity contribution in [1.82, 2.24) is 4.90 Å². The van der Waals surface area contributed by atoms with E-state index in [1.165, 1.54) is 0 Å². The molecule has 104 valence electrons. The second-order valence-electron chi connectivity index (χ2n) is 4.34. The summed E-state index contributed by atoms with van der Waals surface area (Å²) in [6.07, 6.45) is 0.506. The minimum Gasteiger partial charge on any atom is -0.340 e. The van der Waals surface area contributed by atoms with Gasteiger partial charge in [-0.15, -0.1) is 0 Å². The number of carbonyl (C=O) groups excluding carboxylic acids is 1. The van der Waals surface area contributed by atoms with Gasteiger partial charge in [-0.25, -0.2) is 0 Å². The van der Waals surface area contributed by atoms with Gasteiger partial charge in [-0.1, -0.05) is 30.3 Å². The lowest BCUT2D eigenvalue weighted by atomic mass is 9.97. The van der Waals surface area contributed by atoms with Crippen LogP contribution in [0.4, 0.5) is 0 Å². The Hall–Kier alpha value is -2.37. The summed E-state index contributed by atoms with van der Waals surface area (Å²) in [6, 6.07) is 13.4. The molecule has 5 heteroatoms. The molecular formula is C15H18N4O. The highest BCUT2D eigenvalue weighted by atomic mass is 16.2. The number of benzene rings is 1. The van der Waals surface area contributed by atoms with Crippen molar-refractivity contribution in [2.75, 3.05) is 19.6 Å². The Morgan fingerprint density at radius 1 is 1.15 bits per heavy atom. The second kappa shape index (κ2) is 8.68. The number of hydrogen-bond donors (Lipinski definition) is 1. The Labute approximate surface area is 119 Å². The number of nitriles is 2. The van der Waals surface area contributed by atoms with Gasteiger partial charge >= 0.3 is 0 Å². The fourth-order valence-corrected chi connectivity index (χ4v) is 1.99. The van der Waals surface area contributed by atoms with E-state index in [1.54, 1.807) is 4.90 Å². The molecule has 0 saturated heterocycles. The molecule has 1 amide bonds. The van der Waals surface area contributed by atoms with E-state index < -0.39 is 5.92 Å². The molecule has 0 aliphatic heterocycles. The second-order valence-corrected chi connectivity index (χ2v) is 4.34. The van der Waals surface area contributed by atoms with Crippen molar-refractivity contribution in [1.29, 1.82) is 10.5 Å². The van der Waals surface area contributed by atoms with Crippen LogP contribution in [0.2, 0.25) is 0 Å². The van der Waals surface area contributed by atoms with Gasteiger partial charge in [-0.2, -0.15) is 10.5 Å². The van der Waals surface area contributed by atoms with Crippen LogP contribution in [0, 0.1) is 22.7 Å². The van der Waals surface area contributed by atoms with E-state index in [0.717, 1.165) is 5.56 Å². The summed E-state index contributed by atoms with van der Waals surface area (Å²) in [7, 11) is 0. The predicted octanol–water partition coefficient (Wildman–Crippen LogP) is 1.38. The van der Waals surface area contributed by atoms with Crippen LogP contribution in [0.5, 0.6) is 0 Å². The molecular weight excluding hydrogens is 252 g/mol. The Kier molecular flexibility index (Phi) is 6.81. The highest BCUT2D eigenvalue weighted by Gasteiger charge is 2.24. The van der Waals surface area contributed by atoms with E-state index in [4.69, 9.17) is 16.3 Å². The van der Waals surface area contributed by atoms with E-state index in [9.17, 15) is 4.79 Å². The fourth-order valence-electron chi connectivity index (χ4n) is 1.99. The van der Waals surface area contributed by atoms with E-state index in [0.29, 0.717) is 13.1 Å². The maximum atomic E-state index is 12.5. The molecule has 2 N–H and O–H groups in total. The molecule has 0 saturated carbocycles. The standard InChI is InChI=1S/C15H18N4O/c16-8-4-10-19(11-5-9-17)15(20)14(12-18)13-6-2-1-3-7-13/h1-3,6-7,14H,4-5,10-12,18H2. The lowest BCUT2D eigenvalue weighted by Gasteiger charge is -2.25. The minimum absolute atomic E-state index is 0.121. The Morgan fingerprint density at radius 2 is 1.70 bits per heavy atom. The van der Waals surface area contributed by atoms with Crippen molar-refractivity contribution >= 4 is 5.91 Å². The molecule has 0 radical (unpaired) electrons. The summed E-state index contributed by atoms with van der Waals surface area (Å²) in [4.78, 5) is 14.1. The van der Waals surface area contributed by atoms with Gasteiger partial charge in [-0.05, 0) is 5.56 Å². The molecule has 0 aliphatic rings. The van der Waals surface area contributed by atoms with Gasteiger partial charge in [0.1, 0.15) is 0 Å². The van der Waals surface area contributed by atoms with Crippen LogP contribution in [0.3, 0.4) is 0 Å². The zero-order valence-electron chi connectivity index (χ0n) is 11.3. The van der Waals surface area contributed by atoms with Crippen LogP contribution in [-0.2, 0) is 4.79 Å². The summed E-state index contributed by atoms with van der Waals surface area (Å²) in [5.41, 5.74) is 6.58. The minimum atomic E-state index is -0.423. The summed E-state index contributed by atoms with van der Waals surface area (Å²) in [5, 5.41) is 17.3. The third-order valence-corrected chi connectivity index (χ3v) is 3.03. The molecule has 0 spiro atoms. The first-order valence-corrected chi connectivity index (χ1v) is 6.52. The zero-order chi connectivity index (χ0) is 14.8. The SMILES string of the molecule is N#CCCN(CCC#N)C(=O)C(CN)c1ccccc1. The smallest absolute Gasteiger partial charge is 0.231 e. The van der Waals surface area contributed by atoms with E-state index >= 15 is 0 Å². The number of nitrogens with zero attached hydrogens (tertiary/aromatic N) is 3. The summed E-state index contributed by atoms with van der Waals surface area (Å²) in [6.45, 7) is 0.874. The monoisotopic (exact) mass is 270 g/mol.